The first kappa shape index (κ1) is 12.9. The Labute approximate surface area is 105 Å². The summed E-state index contributed by atoms with van der Waals surface area (Å²) in [6, 6.07) is 5.57. The predicted octanol–water partition coefficient (Wildman–Crippen LogP) is 0.975. The van der Waals surface area contributed by atoms with E-state index in [0.717, 1.165) is 0 Å². The molecular weight excluding hydrogens is 234 g/mol. The number of piperidine rings is 1. The Bertz CT molecular complexity index is 427. The number of likely N-dealkylation sites (tertiary alicyclic amines) is 1. The van der Waals surface area contributed by atoms with Crippen LogP contribution in [0.2, 0.25) is 0 Å². The van der Waals surface area contributed by atoms with Gasteiger partial charge in [0.1, 0.15) is 11.8 Å². The molecule has 3 N–H and O–H groups in total. The van der Waals surface area contributed by atoms with Crippen molar-refractivity contribution in [2.24, 2.45) is 0 Å². The molecule has 0 bridgehead atoms. The van der Waals surface area contributed by atoms with Gasteiger partial charge < -0.3 is 15.3 Å². The summed E-state index contributed by atoms with van der Waals surface area (Å²) in [5, 5.41) is 28.2. The van der Waals surface area contributed by atoms with Crippen molar-refractivity contribution in [2.75, 3.05) is 13.1 Å². The monoisotopic (exact) mass is 251 g/mol. The number of aliphatic hydroxyl groups excluding tert-OH is 1. The van der Waals surface area contributed by atoms with E-state index in [1.807, 2.05) is 4.90 Å². The van der Waals surface area contributed by atoms with Gasteiger partial charge in [0.05, 0.1) is 6.10 Å². The molecule has 0 amide bonds. The molecule has 0 aromatic heterocycles. The maximum atomic E-state index is 11.4. The zero-order valence-corrected chi connectivity index (χ0v) is 9.99. The third-order valence-electron chi connectivity index (χ3n) is 3.28. The maximum Gasteiger partial charge on any atom is 0.325 e. The number of benzene rings is 1. The van der Waals surface area contributed by atoms with Gasteiger partial charge >= 0.3 is 5.97 Å². The maximum absolute atomic E-state index is 11.4. The Morgan fingerprint density at radius 3 is 2.56 bits per heavy atom. The van der Waals surface area contributed by atoms with Crippen molar-refractivity contribution < 1.29 is 20.1 Å². The molecule has 1 fully saturated rings. The molecule has 98 valence electrons. The Morgan fingerprint density at radius 2 is 2.00 bits per heavy atom. The van der Waals surface area contributed by atoms with Crippen LogP contribution in [-0.4, -0.2) is 45.4 Å². The third kappa shape index (κ3) is 2.80. The van der Waals surface area contributed by atoms with Gasteiger partial charge in [-0.25, -0.2) is 0 Å². The molecule has 0 aliphatic carbocycles. The number of rotatable bonds is 3. The molecule has 5 nitrogen and oxygen atoms in total. The van der Waals surface area contributed by atoms with Crippen LogP contribution in [0.15, 0.2) is 24.3 Å². The summed E-state index contributed by atoms with van der Waals surface area (Å²) in [6.07, 6.45) is 0.838. The molecule has 1 aromatic carbocycles. The SMILES string of the molecule is O=C(O)C(c1cccc(O)c1)N1CCC(O)CC1. The lowest BCUT2D eigenvalue weighted by molar-refractivity contribution is -0.144. The predicted molar refractivity (Wildman–Crippen MR) is 65.3 cm³/mol. The summed E-state index contributed by atoms with van der Waals surface area (Å²) in [5.41, 5.74) is 0.568. The molecule has 0 saturated carbocycles. The fourth-order valence-corrected chi connectivity index (χ4v) is 2.35. The second-order valence-electron chi connectivity index (χ2n) is 4.60. The van der Waals surface area contributed by atoms with Gasteiger partial charge in [-0.2, -0.15) is 0 Å². The number of carboxylic acids is 1. The molecule has 1 atom stereocenters. The minimum absolute atomic E-state index is 0.0656. The zero-order chi connectivity index (χ0) is 13.1. The number of hydrogen-bond acceptors (Lipinski definition) is 4. The van der Waals surface area contributed by atoms with Gasteiger partial charge in [-0.1, -0.05) is 12.1 Å². The molecule has 1 heterocycles. The standard InChI is InChI=1S/C13H17NO4/c15-10-4-6-14(7-5-10)12(13(17)18)9-2-1-3-11(16)8-9/h1-3,8,10,12,15-16H,4-7H2,(H,17,18). The van der Waals surface area contributed by atoms with Crippen LogP contribution in [0.25, 0.3) is 0 Å². The number of hydrogen-bond donors (Lipinski definition) is 3. The summed E-state index contributed by atoms with van der Waals surface area (Å²) < 4.78 is 0. The summed E-state index contributed by atoms with van der Waals surface area (Å²) in [5.74, 6) is -0.868. The van der Waals surface area contributed by atoms with E-state index in [0.29, 0.717) is 31.5 Å². The number of phenolic OH excluding ortho intramolecular Hbond substituents is 1. The van der Waals surface area contributed by atoms with Crippen LogP contribution >= 0.6 is 0 Å². The van der Waals surface area contributed by atoms with Crippen LogP contribution in [0.5, 0.6) is 5.75 Å². The first-order chi connectivity index (χ1) is 8.58. The zero-order valence-electron chi connectivity index (χ0n) is 9.99. The Morgan fingerprint density at radius 1 is 1.33 bits per heavy atom. The number of aliphatic carboxylic acids is 1. The van der Waals surface area contributed by atoms with Gasteiger partial charge in [-0.3, -0.25) is 9.69 Å². The van der Waals surface area contributed by atoms with Crippen molar-refractivity contribution in [2.45, 2.75) is 25.0 Å². The number of carboxylic acid groups (broad SMARTS) is 1. The highest BCUT2D eigenvalue weighted by molar-refractivity contribution is 5.75. The van der Waals surface area contributed by atoms with E-state index in [1.54, 1.807) is 12.1 Å². The molecule has 0 spiro atoms. The fourth-order valence-electron chi connectivity index (χ4n) is 2.35. The average molecular weight is 251 g/mol. The molecule has 1 aliphatic heterocycles. The van der Waals surface area contributed by atoms with Crippen LogP contribution in [0, 0.1) is 0 Å². The first-order valence-electron chi connectivity index (χ1n) is 6.02. The molecule has 1 aromatic rings. The average Bonchev–Trinajstić information content (AvgIpc) is 2.32. The lowest BCUT2D eigenvalue weighted by Gasteiger charge is -2.34. The lowest BCUT2D eigenvalue weighted by Crippen LogP contribution is -2.41. The second kappa shape index (κ2) is 5.37. The number of phenols is 1. The third-order valence-corrected chi connectivity index (χ3v) is 3.28. The van der Waals surface area contributed by atoms with Gasteiger partial charge in [-0.05, 0) is 30.5 Å². The normalized spacial score (nSPS) is 19.6. The van der Waals surface area contributed by atoms with E-state index in [9.17, 15) is 20.1 Å². The quantitative estimate of drug-likeness (QED) is 0.746. The van der Waals surface area contributed by atoms with Crippen LogP contribution < -0.4 is 0 Å². The van der Waals surface area contributed by atoms with E-state index in [4.69, 9.17) is 0 Å². The van der Waals surface area contributed by atoms with Crippen molar-refractivity contribution in [3.8, 4) is 5.75 Å². The van der Waals surface area contributed by atoms with Crippen LogP contribution in [0.1, 0.15) is 24.4 Å². The molecule has 1 aliphatic rings. The molecule has 2 rings (SSSR count). The largest absolute Gasteiger partial charge is 0.508 e. The summed E-state index contributed by atoms with van der Waals surface area (Å²) >= 11 is 0. The molecule has 1 unspecified atom stereocenters. The van der Waals surface area contributed by atoms with Gasteiger partial charge in [-0.15, -0.1) is 0 Å². The minimum atomic E-state index is -0.933. The highest BCUT2D eigenvalue weighted by atomic mass is 16.4. The summed E-state index contributed by atoms with van der Waals surface area (Å²) in [6.45, 7) is 1.10. The summed E-state index contributed by atoms with van der Waals surface area (Å²) in [4.78, 5) is 13.2. The van der Waals surface area contributed by atoms with Gasteiger partial charge in [0, 0.05) is 13.1 Å². The van der Waals surface area contributed by atoms with Gasteiger partial charge in [0.25, 0.3) is 0 Å². The molecule has 1 saturated heterocycles. The van der Waals surface area contributed by atoms with E-state index in [-0.39, 0.29) is 11.9 Å². The molecule has 0 radical (unpaired) electrons. The molecule has 5 heteroatoms. The first-order valence-corrected chi connectivity index (χ1v) is 6.02. The van der Waals surface area contributed by atoms with Crippen LogP contribution in [-0.2, 0) is 4.79 Å². The molecule has 18 heavy (non-hydrogen) atoms. The highest BCUT2D eigenvalue weighted by Gasteiger charge is 2.30. The Kier molecular flexibility index (Phi) is 3.84. The van der Waals surface area contributed by atoms with Crippen LogP contribution in [0.4, 0.5) is 0 Å². The van der Waals surface area contributed by atoms with E-state index in [1.165, 1.54) is 12.1 Å². The van der Waals surface area contributed by atoms with Crippen molar-refractivity contribution in [1.29, 1.82) is 0 Å². The van der Waals surface area contributed by atoms with Gasteiger partial charge in [0.2, 0.25) is 0 Å². The van der Waals surface area contributed by atoms with Crippen LogP contribution in [0.3, 0.4) is 0 Å². The topological polar surface area (TPSA) is 81.0 Å². The van der Waals surface area contributed by atoms with Crippen molar-refractivity contribution in [3.63, 3.8) is 0 Å². The van der Waals surface area contributed by atoms with Gasteiger partial charge in [0.15, 0.2) is 0 Å². The second-order valence-corrected chi connectivity index (χ2v) is 4.60. The number of nitrogens with zero attached hydrogens (tertiary/aromatic N) is 1. The van der Waals surface area contributed by atoms with Crippen molar-refractivity contribution >= 4 is 5.97 Å². The van der Waals surface area contributed by atoms with E-state index in [2.05, 4.69) is 0 Å². The van der Waals surface area contributed by atoms with E-state index < -0.39 is 12.0 Å². The summed E-state index contributed by atoms with van der Waals surface area (Å²) in [7, 11) is 0. The fraction of sp³-hybridized carbons (Fsp3) is 0.462. The Balaban J connectivity index is 2.21. The minimum Gasteiger partial charge on any atom is -0.508 e. The number of aromatic hydroxyl groups is 1. The van der Waals surface area contributed by atoms with Crippen molar-refractivity contribution in [3.05, 3.63) is 29.8 Å². The molecular formula is C13H17NO4. The smallest absolute Gasteiger partial charge is 0.325 e. The number of carbonyl (C=O) groups is 1. The highest BCUT2D eigenvalue weighted by Crippen LogP contribution is 2.27. The lowest BCUT2D eigenvalue weighted by atomic mass is 10.0. The Hall–Kier alpha value is -1.59. The number of aliphatic hydroxyl groups is 1. The van der Waals surface area contributed by atoms with E-state index >= 15 is 0 Å². The van der Waals surface area contributed by atoms with Crippen molar-refractivity contribution in [1.82, 2.24) is 4.90 Å².